The molecule has 0 fully saturated rings. The van der Waals surface area contributed by atoms with Crippen molar-refractivity contribution >= 4 is 27.7 Å². The lowest BCUT2D eigenvalue weighted by atomic mass is 10.2. The maximum Gasteiger partial charge on any atom is 0.188 e. The van der Waals surface area contributed by atoms with Gasteiger partial charge in [0.25, 0.3) is 0 Å². The molecule has 0 unspecified atom stereocenters. The average molecular weight is 394 g/mol. The number of hydrogen-bond acceptors (Lipinski definition) is 4. The molecule has 0 aliphatic rings. The van der Waals surface area contributed by atoms with Crippen molar-refractivity contribution in [2.75, 3.05) is 25.0 Å². The first kappa shape index (κ1) is 18.3. The van der Waals surface area contributed by atoms with Gasteiger partial charge in [-0.25, -0.2) is 9.97 Å². The summed E-state index contributed by atoms with van der Waals surface area (Å²) in [4.78, 5) is 15.7. The largest absolute Gasteiger partial charge is 0.370 e. The molecule has 0 saturated heterocycles. The van der Waals surface area contributed by atoms with Crippen LogP contribution in [0.15, 0.2) is 34.3 Å². The number of rotatable bonds is 9. The van der Waals surface area contributed by atoms with E-state index in [0.29, 0.717) is 12.5 Å². The SMILES string of the molecule is Cc1cc(Br)cnc1NCCCN=C(N)NCCCc1cnc[nH]1. The molecule has 0 aliphatic carbocycles. The number of anilines is 1. The lowest BCUT2D eigenvalue weighted by Gasteiger charge is -2.08. The molecule has 0 radical (unpaired) electrons. The molecule has 2 rings (SSSR count). The zero-order valence-corrected chi connectivity index (χ0v) is 15.4. The molecule has 130 valence electrons. The zero-order valence-electron chi connectivity index (χ0n) is 13.8. The molecule has 2 heterocycles. The second-order valence-electron chi connectivity index (χ2n) is 5.47. The van der Waals surface area contributed by atoms with E-state index < -0.39 is 0 Å². The van der Waals surface area contributed by atoms with Crippen LogP contribution in [0.2, 0.25) is 0 Å². The first-order valence-corrected chi connectivity index (χ1v) is 8.81. The Morgan fingerprint density at radius 2 is 2.21 bits per heavy atom. The van der Waals surface area contributed by atoms with Crippen LogP contribution in [-0.4, -0.2) is 40.5 Å². The molecule has 0 aromatic carbocycles. The molecule has 0 saturated carbocycles. The Hall–Kier alpha value is -2.09. The topological polar surface area (TPSA) is 104 Å². The standard InChI is InChI=1S/C16H24BrN7/c1-12-8-13(17)9-23-15(12)20-6-3-7-22-16(18)21-5-2-4-14-10-19-11-24-14/h8-11H,2-7H2,1H3,(H,19,24)(H,20,23)(H3,18,21,22). The van der Waals surface area contributed by atoms with Crippen LogP contribution in [0.25, 0.3) is 0 Å². The number of aromatic nitrogens is 3. The van der Waals surface area contributed by atoms with Crippen molar-refractivity contribution in [2.45, 2.75) is 26.2 Å². The van der Waals surface area contributed by atoms with Crippen LogP contribution in [0.4, 0.5) is 5.82 Å². The molecule has 0 bridgehead atoms. The Morgan fingerprint density at radius 1 is 1.33 bits per heavy atom. The Bertz CT molecular complexity index is 640. The molecule has 8 heteroatoms. The summed E-state index contributed by atoms with van der Waals surface area (Å²) in [6, 6.07) is 2.04. The second kappa shape index (κ2) is 9.92. The fourth-order valence-corrected chi connectivity index (χ4v) is 2.63. The fraction of sp³-hybridized carbons (Fsp3) is 0.438. The van der Waals surface area contributed by atoms with E-state index in [4.69, 9.17) is 5.73 Å². The van der Waals surface area contributed by atoms with Crippen molar-refractivity contribution in [1.82, 2.24) is 20.3 Å². The monoisotopic (exact) mass is 393 g/mol. The summed E-state index contributed by atoms with van der Waals surface area (Å²) in [5, 5.41) is 6.43. The van der Waals surface area contributed by atoms with Gasteiger partial charge in [0, 0.05) is 42.2 Å². The van der Waals surface area contributed by atoms with E-state index >= 15 is 0 Å². The van der Waals surface area contributed by atoms with E-state index in [0.717, 1.165) is 53.9 Å². The number of nitrogens with one attached hydrogen (secondary N) is 3. The minimum atomic E-state index is 0.498. The summed E-state index contributed by atoms with van der Waals surface area (Å²) in [5.74, 6) is 1.41. The number of aliphatic imine (C=N–C) groups is 1. The van der Waals surface area contributed by atoms with Gasteiger partial charge in [-0.1, -0.05) is 0 Å². The van der Waals surface area contributed by atoms with E-state index in [-0.39, 0.29) is 0 Å². The highest BCUT2D eigenvalue weighted by Crippen LogP contribution is 2.16. The molecule has 2 aromatic heterocycles. The van der Waals surface area contributed by atoms with Crippen LogP contribution < -0.4 is 16.4 Å². The number of guanidine groups is 1. The molecule has 24 heavy (non-hydrogen) atoms. The summed E-state index contributed by atoms with van der Waals surface area (Å²) < 4.78 is 0.988. The Kier molecular flexibility index (Phi) is 7.54. The van der Waals surface area contributed by atoms with Gasteiger partial charge in [-0.15, -0.1) is 0 Å². The molecule has 5 N–H and O–H groups in total. The van der Waals surface area contributed by atoms with Crippen LogP contribution in [-0.2, 0) is 6.42 Å². The Balaban J connectivity index is 1.55. The van der Waals surface area contributed by atoms with Gasteiger partial charge in [0.1, 0.15) is 5.82 Å². The number of imidazole rings is 1. The van der Waals surface area contributed by atoms with Gasteiger partial charge >= 0.3 is 0 Å². The number of hydrogen-bond donors (Lipinski definition) is 4. The number of pyridine rings is 1. The third kappa shape index (κ3) is 6.57. The van der Waals surface area contributed by atoms with Crippen LogP contribution >= 0.6 is 15.9 Å². The summed E-state index contributed by atoms with van der Waals surface area (Å²) in [6.07, 6.45) is 8.15. The maximum absolute atomic E-state index is 5.85. The minimum absolute atomic E-state index is 0.498. The molecular formula is C16H24BrN7. The molecule has 0 atom stereocenters. The third-order valence-electron chi connectivity index (χ3n) is 3.44. The highest BCUT2D eigenvalue weighted by molar-refractivity contribution is 9.10. The van der Waals surface area contributed by atoms with Gasteiger partial charge in [0.05, 0.1) is 6.33 Å². The van der Waals surface area contributed by atoms with Gasteiger partial charge in [0.2, 0.25) is 0 Å². The third-order valence-corrected chi connectivity index (χ3v) is 3.87. The van der Waals surface area contributed by atoms with Crippen LogP contribution in [0, 0.1) is 6.92 Å². The number of nitrogens with zero attached hydrogens (tertiary/aromatic N) is 3. The highest BCUT2D eigenvalue weighted by Gasteiger charge is 1.99. The van der Waals surface area contributed by atoms with Gasteiger partial charge in [-0.3, -0.25) is 4.99 Å². The van der Waals surface area contributed by atoms with Gasteiger partial charge in [-0.2, -0.15) is 0 Å². The quantitative estimate of drug-likeness (QED) is 0.297. The lowest BCUT2D eigenvalue weighted by Crippen LogP contribution is -2.32. The Morgan fingerprint density at radius 3 is 2.96 bits per heavy atom. The van der Waals surface area contributed by atoms with Crippen molar-refractivity contribution in [3.8, 4) is 0 Å². The number of aryl methyl sites for hydroxylation is 2. The van der Waals surface area contributed by atoms with Gasteiger partial charge < -0.3 is 21.4 Å². The minimum Gasteiger partial charge on any atom is -0.370 e. The van der Waals surface area contributed by atoms with E-state index in [1.165, 1.54) is 0 Å². The summed E-state index contributed by atoms with van der Waals surface area (Å²) >= 11 is 3.41. The Labute approximate surface area is 150 Å². The van der Waals surface area contributed by atoms with Crippen LogP contribution in [0.1, 0.15) is 24.1 Å². The number of aromatic amines is 1. The van der Waals surface area contributed by atoms with Crippen molar-refractivity contribution < 1.29 is 0 Å². The lowest BCUT2D eigenvalue weighted by molar-refractivity contribution is 0.753. The number of nitrogens with two attached hydrogens (primary N) is 1. The van der Waals surface area contributed by atoms with E-state index in [1.807, 2.05) is 19.2 Å². The maximum atomic E-state index is 5.85. The second-order valence-corrected chi connectivity index (χ2v) is 6.39. The summed E-state index contributed by atoms with van der Waals surface area (Å²) in [7, 11) is 0. The molecule has 0 amide bonds. The molecular weight excluding hydrogens is 370 g/mol. The van der Waals surface area contributed by atoms with Crippen molar-refractivity contribution in [3.05, 3.63) is 40.5 Å². The van der Waals surface area contributed by atoms with Crippen molar-refractivity contribution in [2.24, 2.45) is 10.7 Å². The van der Waals surface area contributed by atoms with Gasteiger partial charge in [0.15, 0.2) is 5.96 Å². The van der Waals surface area contributed by atoms with Crippen LogP contribution in [0.5, 0.6) is 0 Å². The van der Waals surface area contributed by atoms with E-state index in [1.54, 1.807) is 12.5 Å². The summed E-state index contributed by atoms with van der Waals surface area (Å²) in [6.45, 7) is 4.33. The highest BCUT2D eigenvalue weighted by atomic mass is 79.9. The zero-order chi connectivity index (χ0) is 17.2. The fourth-order valence-electron chi connectivity index (χ4n) is 2.18. The molecule has 0 aliphatic heterocycles. The normalized spacial score (nSPS) is 11.5. The molecule has 0 spiro atoms. The number of H-pyrrole nitrogens is 1. The predicted octanol–water partition coefficient (Wildman–Crippen LogP) is 2.21. The predicted molar refractivity (Wildman–Crippen MR) is 101 cm³/mol. The first-order valence-electron chi connectivity index (χ1n) is 8.02. The van der Waals surface area contributed by atoms with E-state index in [9.17, 15) is 0 Å². The van der Waals surface area contributed by atoms with Crippen molar-refractivity contribution in [1.29, 1.82) is 0 Å². The molecule has 2 aromatic rings. The van der Waals surface area contributed by atoms with E-state index in [2.05, 4.69) is 46.5 Å². The number of halogens is 1. The van der Waals surface area contributed by atoms with Gasteiger partial charge in [-0.05, 0) is 53.7 Å². The smallest absolute Gasteiger partial charge is 0.188 e. The van der Waals surface area contributed by atoms with Crippen LogP contribution in [0.3, 0.4) is 0 Å². The first-order chi connectivity index (χ1) is 11.6. The summed E-state index contributed by atoms with van der Waals surface area (Å²) in [5.41, 5.74) is 8.10. The average Bonchev–Trinajstić information content (AvgIpc) is 3.06. The molecule has 7 nitrogen and oxygen atoms in total. The van der Waals surface area contributed by atoms with Crippen molar-refractivity contribution in [3.63, 3.8) is 0 Å².